The van der Waals surface area contributed by atoms with E-state index in [1.165, 1.54) is 0 Å². The van der Waals surface area contributed by atoms with Crippen LogP contribution in [0.3, 0.4) is 0 Å². The van der Waals surface area contributed by atoms with Gasteiger partial charge < -0.3 is 10.1 Å². The zero-order chi connectivity index (χ0) is 15.8. The van der Waals surface area contributed by atoms with Gasteiger partial charge in [-0.05, 0) is 30.3 Å². The smallest absolute Gasteiger partial charge is 0.248 e. The van der Waals surface area contributed by atoms with E-state index in [4.69, 9.17) is 28.6 Å². The maximum absolute atomic E-state index is 6.13. The third kappa shape index (κ3) is 5.25. The molecule has 0 aliphatic rings. The maximum Gasteiger partial charge on any atom is 0.248 e. The highest BCUT2D eigenvalue weighted by atomic mass is 35.5. The van der Waals surface area contributed by atoms with Crippen molar-refractivity contribution in [3.05, 3.63) is 41.2 Å². The molecule has 0 unspecified atom stereocenters. The van der Waals surface area contributed by atoms with E-state index in [0.29, 0.717) is 29.2 Å². The standard InChI is InChI=1S/C14H18ClN5OS/c1-21-8-4-7-16-14(22)18-13-17-10-20(19-13)9-11-5-2-3-6-12(11)15/h2-3,5-6,10H,4,7-9H2,1H3,(H2,16,18,19,22). The van der Waals surface area contributed by atoms with Gasteiger partial charge in [0.25, 0.3) is 0 Å². The molecule has 0 saturated carbocycles. The highest BCUT2D eigenvalue weighted by molar-refractivity contribution is 7.80. The number of hydrogen-bond acceptors (Lipinski definition) is 4. The minimum absolute atomic E-state index is 0.455. The molecule has 1 aromatic carbocycles. The van der Waals surface area contributed by atoms with Gasteiger partial charge >= 0.3 is 0 Å². The highest BCUT2D eigenvalue weighted by Crippen LogP contribution is 2.15. The van der Waals surface area contributed by atoms with E-state index in [9.17, 15) is 0 Å². The Morgan fingerprint density at radius 1 is 1.41 bits per heavy atom. The highest BCUT2D eigenvalue weighted by Gasteiger charge is 2.05. The molecule has 22 heavy (non-hydrogen) atoms. The summed E-state index contributed by atoms with van der Waals surface area (Å²) in [6.07, 6.45) is 2.52. The summed E-state index contributed by atoms with van der Waals surface area (Å²) in [7, 11) is 1.67. The number of methoxy groups -OCH3 is 1. The van der Waals surface area contributed by atoms with Crippen LogP contribution in [0.5, 0.6) is 0 Å². The molecule has 0 amide bonds. The van der Waals surface area contributed by atoms with Gasteiger partial charge in [0.2, 0.25) is 5.95 Å². The lowest BCUT2D eigenvalue weighted by molar-refractivity contribution is 0.196. The molecule has 0 spiro atoms. The topological polar surface area (TPSA) is 64.0 Å². The number of anilines is 1. The first kappa shape index (κ1) is 16.7. The number of halogens is 1. The minimum Gasteiger partial charge on any atom is -0.385 e. The lowest BCUT2D eigenvalue weighted by Crippen LogP contribution is -2.30. The van der Waals surface area contributed by atoms with Crippen molar-refractivity contribution < 1.29 is 4.74 Å². The van der Waals surface area contributed by atoms with Crippen molar-refractivity contribution in [1.29, 1.82) is 0 Å². The van der Waals surface area contributed by atoms with Crippen molar-refractivity contribution in [2.24, 2.45) is 0 Å². The molecular weight excluding hydrogens is 322 g/mol. The van der Waals surface area contributed by atoms with Gasteiger partial charge in [0, 0.05) is 25.3 Å². The molecule has 0 aliphatic heterocycles. The Balaban J connectivity index is 1.84. The SMILES string of the molecule is COCCCNC(=S)Nc1ncn(Cc2ccccc2Cl)n1. The molecule has 2 aromatic rings. The Labute approximate surface area is 139 Å². The van der Waals surface area contributed by atoms with E-state index in [-0.39, 0.29) is 0 Å². The van der Waals surface area contributed by atoms with E-state index in [0.717, 1.165) is 18.5 Å². The van der Waals surface area contributed by atoms with Crippen molar-refractivity contribution >= 4 is 34.9 Å². The second-order valence-corrected chi connectivity index (χ2v) is 5.40. The molecular formula is C14H18ClN5OS. The van der Waals surface area contributed by atoms with Crippen LogP contribution in [0.25, 0.3) is 0 Å². The third-order valence-electron chi connectivity index (χ3n) is 2.86. The van der Waals surface area contributed by atoms with Gasteiger partial charge in [-0.15, -0.1) is 5.10 Å². The van der Waals surface area contributed by atoms with Crippen LogP contribution in [0.4, 0.5) is 5.95 Å². The quantitative estimate of drug-likeness (QED) is 0.596. The molecule has 2 N–H and O–H groups in total. The van der Waals surface area contributed by atoms with Gasteiger partial charge in [0.15, 0.2) is 5.11 Å². The molecule has 0 bridgehead atoms. The largest absolute Gasteiger partial charge is 0.385 e. The average molecular weight is 340 g/mol. The predicted octanol–water partition coefficient (Wildman–Crippen LogP) is 2.30. The zero-order valence-corrected chi connectivity index (χ0v) is 13.8. The molecule has 1 aromatic heterocycles. The summed E-state index contributed by atoms with van der Waals surface area (Å²) in [5.41, 5.74) is 0.987. The Hall–Kier alpha value is -1.70. The molecule has 6 nitrogen and oxygen atoms in total. The fourth-order valence-electron chi connectivity index (χ4n) is 1.79. The number of hydrogen-bond donors (Lipinski definition) is 2. The monoisotopic (exact) mass is 339 g/mol. The van der Waals surface area contributed by atoms with Gasteiger partial charge in [-0.3, -0.25) is 5.32 Å². The van der Waals surface area contributed by atoms with Gasteiger partial charge in [-0.25, -0.2) is 9.67 Å². The van der Waals surface area contributed by atoms with Crippen molar-refractivity contribution in [2.45, 2.75) is 13.0 Å². The van der Waals surface area contributed by atoms with E-state index >= 15 is 0 Å². The molecule has 118 valence electrons. The number of nitrogens with zero attached hydrogens (tertiary/aromatic N) is 3. The summed E-state index contributed by atoms with van der Waals surface area (Å²) in [5.74, 6) is 0.455. The average Bonchev–Trinajstić information content (AvgIpc) is 2.93. The van der Waals surface area contributed by atoms with Crippen LogP contribution in [0.15, 0.2) is 30.6 Å². The van der Waals surface area contributed by atoms with Crippen molar-refractivity contribution in [1.82, 2.24) is 20.1 Å². The second-order valence-electron chi connectivity index (χ2n) is 4.58. The Bertz CT molecular complexity index is 619. The third-order valence-corrected chi connectivity index (χ3v) is 3.48. The number of rotatable bonds is 7. The summed E-state index contributed by atoms with van der Waals surface area (Å²) in [5, 5.41) is 11.5. The molecule has 0 atom stereocenters. The van der Waals surface area contributed by atoms with Crippen LogP contribution in [-0.4, -0.2) is 40.1 Å². The van der Waals surface area contributed by atoms with E-state index in [1.807, 2.05) is 24.3 Å². The van der Waals surface area contributed by atoms with Crippen LogP contribution in [0.2, 0.25) is 5.02 Å². The van der Waals surface area contributed by atoms with E-state index in [2.05, 4.69) is 20.7 Å². The zero-order valence-electron chi connectivity index (χ0n) is 12.3. The van der Waals surface area contributed by atoms with Gasteiger partial charge in [-0.2, -0.15) is 0 Å². The number of benzene rings is 1. The Morgan fingerprint density at radius 2 is 2.23 bits per heavy atom. The number of nitrogens with one attached hydrogen (secondary N) is 2. The van der Waals surface area contributed by atoms with Crippen LogP contribution in [0.1, 0.15) is 12.0 Å². The van der Waals surface area contributed by atoms with Crippen LogP contribution < -0.4 is 10.6 Å². The fourth-order valence-corrected chi connectivity index (χ4v) is 2.18. The summed E-state index contributed by atoms with van der Waals surface area (Å²) in [6, 6.07) is 7.65. The second kappa shape index (κ2) is 8.67. The normalized spacial score (nSPS) is 10.5. The lowest BCUT2D eigenvalue weighted by Gasteiger charge is -2.07. The molecule has 0 aliphatic carbocycles. The van der Waals surface area contributed by atoms with Crippen LogP contribution in [0, 0.1) is 0 Å². The summed E-state index contributed by atoms with van der Waals surface area (Å²) < 4.78 is 6.67. The summed E-state index contributed by atoms with van der Waals surface area (Å²) >= 11 is 11.3. The molecule has 1 heterocycles. The minimum atomic E-state index is 0.455. The van der Waals surface area contributed by atoms with Crippen LogP contribution >= 0.6 is 23.8 Å². The summed E-state index contributed by atoms with van der Waals surface area (Å²) in [6.45, 7) is 1.99. The van der Waals surface area contributed by atoms with Gasteiger partial charge in [0.05, 0.1) is 6.54 Å². The van der Waals surface area contributed by atoms with Crippen molar-refractivity contribution in [3.8, 4) is 0 Å². The molecule has 0 fully saturated rings. The number of thiocarbonyl (C=S) groups is 1. The first-order valence-electron chi connectivity index (χ1n) is 6.85. The fraction of sp³-hybridized carbons (Fsp3) is 0.357. The molecule has 2 rings (SSSR count). The van der Waals surface area contributed by atoms with E-state index in [1.54, 1.807) is 18.1 Å². The van der Waals surface area contributed by atoms with Crippen LogP contribution in [-0.2, 0) is 11.3 Å². The first-order valence-corrected chi connectivity index (χ1v) is 7.64. The Kier molecular flexibility index (Phi) is 6.57. The summed E-state index contributed by atoms with van der Waals surface area (Å²) in [4.78, 5) is 4.17. The molecule has 8 heteroatoms. The molecule has 0 radical (unpaired) electrons. The lowest BCUT2D eigenvalue weighted by atomic mass is 10.2. The predicted molar refractivity (Wildman–Crippen MR) is 91.3 cm³/mol. The van der Waals surface area contributed by atoms with Gasteiger partial charge in [-0.1, -0.05) is 29.8 Å². The number of aromatic nitrogens is 3. The van der Waals surface area contributed by atoms with Crippen molar-refractivity contribution in [2.75, 3.05) is 25.6 Å². The van der Waals surface area contributed by atoms with Gasteiger partial charge in [0.1, 0.15) is 6.33 Å². The van der Waals surface area contributed by atoms with Crippen molar-refractivity contribution in [3.63, 3.8) is 0 Å². The first-order chi connectivity index (χ1) is 10.7. The number of ether oxygens (including phenoxy) is 1. The Morgan fingerprint density at radius 3 is 3.00 bits per heavy atom. The maximum atomic E-state index is 6.13. The molecule has 0 saturated heterocycles. The van der Waals surface area contributed by atoms with E-state index < -0.39 is 0 Å².